The van der Waals surface area contributed by atoms with Gasteiger partial charge in [-0.1, -0.05) is 13.5 Å². The fourth-order valence-electron chi connectivity index (χ4n) is 1.64. The highest BCUT2D eigenvalue weighted by Gasteiger charge is 2.39. The fraction of sp³-hybridized carbons (Fsp3) is 0.667. The summed E-state index contributed by atoms with van der Waals surface area (Å²) in [7, 11) is 0. The highest BCUT2D eigenvalue weighted by Crippen LogP contribution is 2.33. The Bertz CT molecular complexity index is 293. The number of aliphatic carboxylic acids is 1. The minimum Gasteiger partial charge on any atom is -0.481 e. The zero-order valence-corrected chi connectivity index (χ0v) is 10.4. The smallest absolute Gasteiger partial charge is 0.330 e. The molecule has 0 amide bonds. The van der Waals surface area contributed by atoms with Crippen molar-refractivity contribution in [1.82, 2.24) is 0 Å². The Hall–Kier alpha value is -1.32. The first-order valence-electron chi connectivity index (χ1n) is 5.25. The molecule has 1 unspecified atom stereocenters. The van der Waals surface area contributed by atoms with Crippen LogP contribution < -0.4 is 0 Å². The number of carboxylic acids is 1. The summed E-state index contributed by atoms with van der Waals surface area (Å²) >= 11 is 0. The first-order valence-corrected chi connectivity index (χ1v) is 5.25. The van der Waals surface area contributed by atoms with Crippen LogP contribution in [-0.2, 0) is 14.3 Å². The van der Waals surface area contributed by atoms with E-state index in [1.807, 2.05) is 0 Å². The van der Waals surface area contributed by atoms with E-state index in [4.69, 9.17) is 9.84 Å². The second-order valence-corrected chi connectivity index (χ2v) is 4.78. The number of rotatable bonds is 6. The predicted molar refractivity (Wildman–Crippen MR) is 61.0 cm³/mol. The lowest BCUT2D eigenvalue weighted by molar-refractivity contribution is -0.161. The van der Waals surface area contributed by atoms with Crippen molar-refractivity contribution in [2.24, 2.45) is 5.41 Å². The van der Waals surface area contributed by atoms with Crippen molar-refractivity contribution < 1.29 is 19.4 Å². The molecule has 0 aromatic carbocycles. The van der Waals surface area contributed by atoms with E-state index in [0.717, 1.165) is 6.08 Å². The van der Waals surface area contributed by atoms with Gasteiger partial charge in [-0.05, 0) is 27.2 Å². The third kappa shape index (κ3) is 4.04. The number of hydrogen-bond donors (Lipinski definition) is 1. The van der Waals surface area contributed by atoms with E-state index in [-0.39, 0.29) is 6.42 Å². The van der Waals surface area contributed by atoms with Crippen LogP contribution >= 0.6 is 0 Å². The number of carboxylic acid groups (broad SMARTS) is 1. The van der Waals surface area contributed by atoms with Crippen LogP contribution in [0.4, 0.5) is 0 Å². The van der Waals surface area contributed by atoms with Gasteiger partial charge in [0.1, 0.15) is 5.60 Å². The standard InChI is InChI=1S/C12H20O4/c1-6-9(13)16-11(3,4)8-12(5,7-2)10(14)15/h6H,1,7-8H2,2-5H3,(H,14,15). The van der Waals surface area contributed by atoms with Gasteiger partial charge in [0.15, 0.2) is 0 Å². The van der Waals surface area contributed by atoms with Crippen LogP contribution in [0.2, 0.25) is 0 Å². The molecular weight excluding hydrogens is 208 g/mol. The lowest BCUT2D eigenvalue weighted by atomic mass is 9.78. The first-order chi connectivity index (χ1) is 7.17. The van der Waals surface area contributed by atoms with Gasteiger partial charge < -0.3 is 9.84 Å². The molecule has 0 bridgehead atoms. The van der Waals surface area contributed by atoms with Crippen molar-refractivity contribution in [3.63, 3.8) is 0 Å². The molecule has 1 atom stereocenters. The maximum atomic E-state index is 11.1. The van der Waals surface area contributed by atoms with Crippen LogP contribution in [0.15, 0.2) is 12.7 Å². The van der Waals surface area contributed by atoms with E-state index >= 15 is 0 Å². The summed E-state index contributed by atoms with van der Waals surface area (Å²) in [5.41, 5.74) is -1.70. The zero-order valence-electron chi connectivity index (χ0n) is 10.4. The highest BCUT2D eigenvalue weighted by atomic mass is 16.6. The van der Waals surface area contributed by atoms with E-state index in [1.165, 1.54) is 0 Å². The number of ether oxygens (including phenoxy) is 1. The molecule has 1 N–H and O–H groups in total. The third-order valence-electron chi connectivity index (χ3n) is 2.66. The van der Waals surface area contributed by atoms with Crippen LogP contribution in [0.25, 0.3) is 0 Å². The predicted octanol–water partition coefficient (Wildman–Crippen LogP) is 2.39. The van der Waals surface area contributed by atoms with E-state index in [0.29, 0.717) is 6.42 Å². The summed E-state index contributed by atoms with van der Waals surface area (Å²) in [6.07, 6.45) is 1.83. The molecule has 0 heterocycles. The molecule has 4 heteroatoms. The molecule has 0 saturated carbocycles. The molecule has 0 saturated heterocycles. The third-order valence-corrected chi connectivity index (χ3v) is 2.66. The van der Waals surface area contributed by atoms with E-state index < -0.39 is 23.0 Å². The lowest BCUT2D eigenvalue weighted by Crippen LogP contribution is -2.38. The molecule has 0 aliphatic heterocycles. The second kappa shape index (κ2) is 5.14. The van der Waals surface area contributed by atoms with Crippen molar-refractivity contribution in [2.75, 3.05) is 0 Å². The van der Waals surface area contributed by atoms with Crippen molar-refractivity contribution in [2.45, 2.75) is 46.1 Å². The van der Waals surface area contributed by atoms with E-state index in [9.17, 15) is 9.59 Å². The molecule has 0 radical (unpaired) electrons. The zero-order chi connectivity index (χ0) is 13.0. The van der Waals surface area contributed by atoms with Crippen LogP contribution in [-0.4, -0.2) is 22.6 Å². The van der Waals surface area contributed by atoms with Crippen molar-refractivity contribution in [1.29, 1.82) is 0 Å². The molecule has 0 aliphatic rings. The van der Waals surface area contributed by atoms with Crippen molar-refractivity contribution >= 4 is 11.9 Å². The molecular formula is C12H20O4. The number of hydrogen-bond acceptors (Lipinski definition) is 3. The Morgan fingerprint density at radius 3 is 2.19 bits per heavy atom. The Morgan fingerprint density at radius 2 is 1.88 bits per heavy atom. The molecule has 16 heavy (non-hydrogen) atoms. The van der Waals surface area contributed by atoms with Crippen molar-refractivity contribution in [3.05, 3.63) is 12.7 Å². The normalized spacial score (nSPS) is 15.0. The van der Waals surface area contributed by atoms with Crippen LogP contribution in [0.3, 0.4) is 0 Å². The molecule has 0 fully saturated rings. The quantitative estimate of drug-likeness (QED) is 0.560. The number of carbonyl (C=O) groups is 2. The molecule has 0 aromatic rings. The molecule has 0 aliphatic carbocycles. The maximum absolute atomic E-state index is 11.1. The monoisotopic (exact) mass is 228 g/mol. The van der Waals surface area contributed by atoms with Gasteiger partial charge in [-0.3, -0.25) is 4.79 Å². The molecule has 0 spiro atoms. The summed E-state index contributed by atoms with van der Waals surface area (Å²) in [4.78, 5) is 22.2. The van der Waals surface area contributed by atoms with Gasteiger partial charge >= 0.3 is 11.9 Å². The first kappa shape index (κ1) is 14.7. The summed E-state index contributed by atoms with van der Waals surface area (Å²) < 4.78 is 5.11. The average molecular weight is 228 g/mol. The summed E-state index contributed by atoms with van der Waals surface area (Å²) in [6.45, 7) is 10.2. The minimum atomic E-state index is -0.884. The van der Waals surface area contributed by atoms with E-state index in [2.05, 4.69) is 6.58 Å². The van der Waals surface area contributed by atoms with Crippen LogP contribution in [0.5, 0.6) is 0 Å². The number of carbonyl (C=O) groups excluding carboxylic acids is 1. The van der Waals surface area contributed by atoms with Gasteiger partial charge in [0.2, 0.25) is 0 Å². The fourth-order valence-corrected chi connectivity index (χ4v) is 1.64. The van der Waals surface area contributed by atoms with Gasteiger partial charge in [0, 0.05) is 12.5 Å². The Labute approximate surface area is 96.3 Å². The largest absolute Gasteiger partial charge is 0.481 e. The summed E-state index contributed by atoms with van der Waals surface area (Å²) in [5.74, 6) is -1.41. The Morgan fingerprint density at radius 1 is 1.38 bits per heavy atom. The topological polar surface area (TPSA) is 63.6 Å². The molecule has 4 nitrogen and oxygen atoms in total. The number of esters is 1. The van der Waals surface area contributed by atoms with Gasteiger partial charge in [0.05, 0.1) is 5.41 Å². The van der Waals surface area contributed by atoms with Crippen molar-refractivity contribution in [3.8, 4) is 0 Å². The SMILES string of the molecule is C=CC(=O)OC(C)(C)CC(C)(CC)C(=O)O. The average Bonchev–Trinajstić information content (AvgIpc) is 2.15. The lowest BCUT2D eigenvalue weighted by Gasteiger charge is -2.33. The summed E-state index contributed by atoms with van der Waals surface area (Å²) in [6, 6.07) is 0. The minimum absolute atomic E-state index is 0.269. The molecule has 0 aromatic heterocycles. The van der Waals surface area contributed by atoms with E-state index in [1.54, 1.807) is 27.7 Å². The Balaban J connectivity index is 4.73. The molecule has 0 rings (SSSR count). The Kier molecular flexibility index (Phi) is 4.72. The summed E-state index contributed by atoms with van der Waals surface area (Å²) in [5, 5.41) is 9.13. The maximum Gasteiger partial charge on any atom is 0.330 e. The second-order valence-electron chi connectivity index (χ2n) is 4.78. The highest BCUT2D eigenvalue weighted by molar-refractivity contribution is 5.81. The molecule has 92 valence electrons. The van der Waals surface area contributed by atoms with Gasteiger partial charge in [-0.25, -0.2) is 4.79 Å². The van der Waals surface area contributed by atoms with Crippen LogP contribution in [0, 0.1) is 5.41 Å². The van der Waals surface area contributed by atoms with Gasteiger partial charge in [-0.2, -0.15) is 0 Å². The van der Waals surface area contributed by atoms with Gasteiger partial charge in [-0.15, -0.1) is 0 Å². The van der Waals surface area contributed by atoms with Crippen LogP contribution in [0.1, 0.15) is 40.5 Å². The van der Waals surface area contributed by atoms with Gasteiger partial charge in [0.25, 0.3) is 0 Å².